The molecule has 1 aliphatic carbocycles. The summed E-state index contributed by atoms with van der Waals surface area (Å²) in [6.45, 7) is 0. The molecule has 0 spiro atoms. The number of para-hydroxylation sites is 2. The lowest BCUT2D eigenvalue weighted by atomic mass is 9.92. The number of hydrogen-bond acceptors (Lipinski definition) is 5. The molecule has 6 heteroatoms. The predicted octanol–water partition coefficient (Wildman–Crippen LogP) is 18.4. The van der Waals surface area contributed by atoms with Crippen LogP contribution in [0.15, 0.2) is 258 Å². The van der Waals surface area contributed by atoms with E-state index in [1.165, 1.54) is 27.5 Å². The van der Waals surface area contributed by atoms with E-state index in [0.717, 1.165) is 106 Å². The highest BCUT2D eigenvalue weighted by Gasteiger charge is 2.21. The monoisotopic (exact) mass is 960 g/mol. The van der Waals surface area contributed by atoms with Crippen molar-refractivity contribution in [3.8, 4) is 73.2 Å². The van der Waals surface area contributed by atoms with Crippen LogP contribution in [0.3, 0.4) is 0 Å². The fourth-order valence-corrected chi connectivity index (χ4v) is 11.3. The maximum atomic E-state index is 6.67. The minimum Gasteiger partial charge on any atom is -0.456 e. The van der Waals surface area contributed by atoms with Gasteiger partial charge in [-0.3, -0.25) is 0 Å². The van der Waals surface area contributed by atoms with Crippen LogP contribution in [0.2, 0.25) is 0 Å². The van der Waals surface area contributed by atoms with Crippen molar-refractivity contribution < 1.29 is 8.83 Å². The second-order valence-electron chi connectivity index (χ2n) is 19.5. The van der Waals surface area contributed by atoms with E-state index in [-0.39, 0.29) is 0 Å². The molecule has 0 amide bonds. The quantitative estimate of drug-likeness (QED) is 0.152. The third kappa shape index (κ3) is 7.37. The van der Waals surface area contributed by atoms with E-state index in [1.807, 2.05) is 42.5 Å². The van der Waals surface area contributed by atoms with Gasteiger partial charge >= 0.3 is 0 Å². The number of hydrogen-bond donors (Lipinski definition) is 0. The van der Waals surface area contributed by atoms with Crippen LogP contribution in [0.1, 0.15) is 17.9 Å². The van der Waals surface area contributed by atoms with Crippen LogP contribution < -0.4 is 0 Å². The molecular weight excluding hydrogens is 917 g/mol. The van der Waals surface area contributed by atoms with E-state index in [9.17, 15) is 0 Å². The number of rotatable bonds is 8. The minimum atomic E-state index is 0.349. The van der Waals surface area contributed by atoms with E-state index in [4.69, 9.17) is 23.8 Å². The second kappa shape index (κ2) is 17.4. The molecule has 1 atom stereocenters. The van der Waals surface area contributed by atoms with Crippen LogP contribution >= 0.6 is 0 Å². The van der Waals surface area contributed by atoms with E-state index in [2.05, 4.69) is 211 Å². The minimum absolute atomic E-state index is 0.349. The van der Waals surface area contributed by atoms with Gasteiger partial charge in [0, 0.05) is 66.7 Å². The fraction of sp³-hybridized carbons (Fsp3) is 0.0290. The third-order valence-corrected chi connectivity index (χ3v) is 15.0. The Bertz CT molecular complexity index is 4620. The number of aromatic nitrogens is 4. The van der Waals surface area contributed by atoms with Crippen molar-refractivity contribution >= 4 is 65.7 Å². The number of furan rings is 2. The predicted molar refractivity (Wildman–Crippen MR) is 307 cm³/mol. The van der Waals surface area contributed by atoms with Crippen LogP contribution in [-0.4, -0.2) is 19.5 Å². The maximum absolute atomic E-state index is 6.67. The van der Waals surface area contributed by atoms with Gasteiger partial charge in [-0.15, -0.1) is 0 Å². The Kier molecular flexibility index (Phi) is 9.91. The van der Waals surface area contributed by atoms with Gasteiger partial charge in [0.15, 0.2) is 17.5 Å². The first-order valence-electron chi connectivity index (χ1n) is 25.5. The van der Waals surface area contributed by atoms with Crippen molar-refractivity contribution in [1.82, 2.24) is 19.5 Å². The molecule has 0 saturated heterocycles. The standard InChI is InChI=1S/C69H44N4O2/c1-4-15-43(16-5-1)45-27-29-47(30-28-45)68-70-67(46-19-8-3-9-20-46)71-69(72-68)52-40-57(66-56-24-11-13-26-62(56)75-65(66)41-52)51-22-14-21-48(37-51)50-32-36-63-59(39-50)55-34-33-53(42-64(55)74-63)73-60-25-12-10-23-54(60)58-38-49(31-35-61(58)73)44-17-6-2-7-18-44/h1-15,17-43H,16H2/t43-/m1/s1. The Morgan fingerprint density at radius 1 is 0.360 bits per heavy atom. The summed E-state index contributed by atoms with van der Waals surface area (Å²) in [7, 11) is 0. The molecule has 4 aromatic heterocycles. The van der Waals surface area contributed by atoms with Crippen LogP contribution in [0.4, 0.5) is 0 Å². The molecule has 0 N–H and O–H groups in total. The highest BCUT2D eigenvalue weighted by atomic mass is 16.3. The largest absolute Gasteiger partial charge is 0.456 e. The average Bonchev–Trinajstić information content (AvgIpc) is 4.18. The summed E-state index contributed by atoms with van der Waals surface area (Å²) in [6, 6.07) is 79.3. The zero-order valence-corrected chi connectivity index (χ0v) is 40.6. The zero-order chi connectivity index (χ0) is 49.4. The van der Waals surface area contributed by atoms with Crippen molar-refractivity contribution in [1.29, 1.82) is 0 Å². The normalized spacial score (nSPS) is 13.6. The zero-order valence-electron chi connectivity index (χ0n) is 40.6. The van der Waals surface area contributed by atoms with E-state index in [1.54, 1.807) is 0 Å². The van der Waals surface area contributed by atoms with E-state index < -0.39 is 0 Å². The first kappa shape index (κ1) is 42.7. The summed E-state index contributed by atoms with van der Waals surface area (Å²) in [5, 5.41) is 6.66. The van der Waals surface area contributed by atoms with Gasteiger partial charge in [0.2, 0.25) is 0 Å². The lowest BCUT2D eigenvalue weighted by Gasteiger charge is -2.14. The van der Waals surface area contributed by atoms with Crippen LogP contribution in [0.5, 0.6) is 0 Å². The molecule has 6 nitrogen and oxygen atoms in total. The highest BCUT2D eigenvalue weighted by Crippen LogP contribution is 2.43. The molecule has 0 saturated carbocycles. The number of fused-ring (bicyclic) bond motifs is 9. The molecule has 15 rings (SSSR count). The van der Waals surface area contributed by atoms with Crippen molar-refractivity contribution in [3.63, 3.8) is 0 Å². The van der Waals surface area contributed by atoms with Crippen molar-refractivity contribution in [2.45, 2.75) is 12.3 Å². The third-order valence-electron chi connectivity index (χ3n) is 15.0. The Morgan fingerprint density at radius 2 is 0.973 bits per heavy atom. The fourth-order valence-electron chi connectivity index (χ4n) is 11.3. The molecule has 4 heterocycles. The van der Waals surface area contributed by atoms with Crippen molar-refractivity contribution in [2.24, 2.45) is 0 Å². The van der Waals surface area contributed by atoms with Crippen molar-refractivity contribution in [2.75, 3.05) is 0 Å². The lowest BCUT2D eigenvalue weighted by molar-refractivity contribution is 0.668. The topological polar surface area (TPSA) is 69.9 Å². The molecule has 0 bridgehead atoms. The first-order valence-corrected chi connectivity index (χ1v) is 25.5. The van der Waals surface area contributed by atoms with Gasteiger partial charge in [-0.1, -0.05) is 176 Å². The highest BCUT2D eigenvalue weighted by molar-refractivity contribution is 6.14. The van der Waals surface area contributed by atoms with Gasteiger partial charge in [-0.2, -0.15) is 0 Å². The summed E-state index contributed by atoms with van der Waals surface area (Å²) in [5.41, 5.74) is 17.2. The molecular formula is C69H44N4O2. The molecule has 1 aliphatic rings. The van der Waals surface area contributed by atoms with Crippen LogP contribution in [0.25, 0.3) is 139 Å². The van der Waals surface area contributed by atoms with E-state index in [0.29, 0.717) is 23.4 Å². The van der Waals surface area contributed by atoms with Gasteiger partial charge in [0.25, 0.3) is 0 Å². The smallest absolute Gasteiger partial charge is 0.164 e. The Balaban J connectivity index is 0.827. The van der Waals surface area contributed by atoms with Gasteiger partial charge in [0.1, 0.15) is 22.3 Å². The molecule has 0 unspecified atom stereocenters. The summed E-state index contributed by atoms with van der Waals surface area (Å²) in [5.74, 6) is 2.14. The molecule has 352 valence electrons. The van der Waals surface area contributed by atoms with Gasteiger partial charge in [-0.05, 0) is 112 Å². The number of allylic oxidation sites excluding steroid dienone is 4. The SMILES string of the molecule is C1=CC[C@H](c2ccc(-c3nc(-c4ccccc4)nc(-c4cc(-c5cccc(-c6ccc7oc8cc(-n9c%10ccccc%10c%10cc(-c%11ccccc%11)ccc%109)ccc8c7c6)c5)c5c(c4)oc4ccccc45)n3)cc2)C=C1. The molecule has 14 aromatic rings. The lowest BCUT2D eigenvalue weighted by Crippen LogP contribution is -2.01. The first-order chi connectivity index (χ1) is 37.1. The Hall–Kier alpha value is -9.91. The summed E-state index contributed by atoms with van der Waals surface area (Å²) < 4.78 is 15.7. The van der Waals surface area contributed by atoms with Gasteiger partial charge in [0.05, 0.1) is 11.0 Å². The summed E-state index contributed by atoms with van der Waals surface area (Å²) >= 11 is 0. The van der Waals surface area contributed by atoms with Crippen molar-refractivity contribution in [3.05, 3.63) is 254 Å². The maximum Gasteiger partial charge on any atom is 0.164 e. The van der Waals surface area contributed by atoms with Crippen LogP contribution in [-0.2, 0) is 0 Å². The van der Waals surface area contributed by atoms with Gasteiger partial charge in [-0.25, -0.2) is 15.0 Å². The number of nitrogens with zero attached hydrogens (tertiary/aromatic N) is 4. The van der Waals surface area contributed by atoms with E-state index >= 15 is 0 Å². The molecule has 10 aromatic carbocycles. The van der Waals surface area contributed by atoms with Crippen LogP contribution in [0, 0.1) is 0 Å². The summed E-state index contributed by atoms with van der Waals surface area (Å²) in [6.07, 6.45) is 9.70. The Labute approximate surface area is 431 Å². The van der Waals surface area contributed by atoms with Gasteiger partial charge < -0.3 is 13.4 Å². The molecule has 0 fully saturated rings. The average molecular weight is 961 g/mol. The summed E-state index contributed by atoms with van der Waals surface area (Å²) in [4.78, 5) is 15.5. The molecule has 0 aliphatic heterocycles. The molecule has 75 heavy (non-hydrogen) atoms. The molecule has 0 radical (unpaired) electrons. The Morgan fingerprint density at radius 3 is 1.79 bits per heavy atom. The number of benzene rings is 10. The second-order valence-corrected chi connectivity index (χ2v) is 19.5.